The zero-order valence-electron chi connectivity index (χ0n) is 14.1. The fourth-order valence-electron chi connectivity index (χ4n) is 3.16. The molecule has 0 bridgehead atoms. The standard InChI is InChI=1S/C19H17ClFNO3/c1-19(2)10-22(17(23)16-13(20)5-4-6-14(16)21)15-9-11(18(24)25-3)7-8-12(15)19/h4-9H,10H2,1-3H3. The molecule has 2 aromatic rings. The van der Waals surface area contributed by atoms with Crippen molar-refractivity contribution in [3.8, 4) is 0 Å². The Hall–Kier alpha value is -2.40. The van der Waals surface area contributed by atoms with Crippen molar-refractivity contribution in [2.75, 3.05) is 18.6 Å². The van der Waals surface area contributed by atoms with Crippen molar-refractivity contribution < 1.29 is 18.7 Å². The minimum absolute atomic E-state index is 0.0559. The van der Waals surface area contributed by atoms with Crippen LogP contribution in [0.25, 0.3) is 0 Å². The Kier molecular flexibility index (Phi) is 4.29. The van der Waals surface area contributed by atoms with E-state index in [9.17, 15) is 14.0 Å². The summed E-state index contributed by atoms with van der Waals surface area (Å²) in [5.74, 6) is -1.70. The highest BCUT2D eigenvalue weighted by Crippen LogP contribution is 2.42. The molecule has 0 aromatic heterocycles. The van der Waals surface area contributed by atoms with E-state index in [1.54, 1.807) is 18.2 Å². The molecule has 1 amide bonds. The number of esters is 1. The van der Waals surface area contributed by atoms with Crippen LogP contribution in [0.1, 0.15) is 40.1 Å². The van der Waals surface area contributed by atoms with Gasteiger partial charge in [-0.1, -0.05) is 37.6 Å². The molecular formula is C19H17ClFNO3. The van der Waals surface area contributed by atoms with Crippen LogP contribution in [0.5, 0.6) is 0 Å². The molecule has 0 spiro atoms. The summed E-state index contributed by atoms with van der Waals surface area (Å²) in [4.78, 5) is 26.3. The molecule has 0 radical (unpaired) electrons. The molecule has 0 N–H and O–H groups in total. The van der Waals surface area contributed by atoms with E-state index in [0.29, 0.717) is 17.8 Å². The third-order valence-corrected chi connectivity index (χ3v) is 4.73. The molecule has 0 saturated heterocycles. The summed E-state index contributed by atoms with van der Waals surface area (Å²) in [5, 5.41) is 0.0559. The number of halogens is 2. The maximum atomic E-state index is 14.2. The molecule has 0 fully saturated rings. The Balaban J connectivity index is 2.11. The molecular weight excluding hydrogens is 345 g/mol. The van der Waals surface area contributed by atoms with Crippen molar-refractivity contribution >= 4 is 29.2 Å². The number of hydrogen-bond acceptors (Lipinski definition) is 3. The van der Waals surface area contributed by atoms with Crippen molar-refractivity contribution in [2.45, 2.75) is 19.3 Å². The van der Waals surface area contributed by atoms with Gasteiger partial charge in [-0.15, -0.1) is 0 Å². The van der Waals surface area contributed by atoms with Gasteiger partial charge in [0.25, 0.3) is 5.91 Å². The summed E-state index contributed by atoms with van der Waals surface area (Å²) < 4.78 is 18.9. The van der Waals surface area contributed by atoms with Crippen LogP contribution in [0.4, 0.5) is 10.1 Å². The lowest BCUT2D eigenvalue weighted by atomic mass is 9.86. The van der Waals surface area contributed by atoms with Crippen LogP contribution in [-0.2, 0) is 10.2 Å². The molecule has 130 valence electrons. The van der Waals surface area contributed by atoms with E-state index >= 15 is 0 Å². The van der Waals surface area contributed by atoms with Crippen molar-refractivity contribution in [2.24, 2.45) is 0 Å². The summed E-state index contributed by atoms with van der Waals surface area (Å²) in [7, 11) is 1.29. The van der Waals surface area contributed by atoms with E-state index in [1.807, 2.05) is 13.8 Å². The van der Waals surface area contributed by atoms with Crippen LogP contribution in [0.3, 0.4) is 0 Å². The second-order valence-corrected chi connectivity index (χ2v) is 7.00. The van der Waals surface area contributed by atoms with Gasteiger partial charge in [0.2, 0.25) is 0 Å². The highest BCUT2D eigenvalue weighted by molar-refractivity contribution is 6.34. The van der Waals surface area contributed by atoms with Gasteiger partial charge in [0.15, 0.2) is 0 Å². The van der Waals surface area contributed by atoms with Gasteiger partial charge in [0, 0.05) is 17.6 Å². The molecule has 4 nitrogen and oxygen atoms in total. The normalized spacial score (nSPS) is 15.0. The minimum Gasteiger partial charge on any atom is -0.465 e. The van der Waals surface area contributed by atoms with Crippen LogP contribution < -0.4 is 4.90 Å². The van der Waals surface area contributed by atoms with Gasteiger partial charge in [0.05, 0.1) is 23.3 Å². The van der Waals surface area contributed by atoms with E-state index in [1.165, 1.54) is 30.2 Å². The van der Waals surface area contributed by atoms with E-state index in [2.05, 4.69) is 0 Å². The number of hydrogen-bond donors (Lipinski definition) is 0. The summed E-state index contributed by atoms with van der Waals surface area (Å²) in [6.45, 7) is 4.33. The Morgan fingerprint density at radius 3 is 2.60 bits per heavy atom. The Bertz CT molecular complexity index is 859. The lowest BCUT2D eigenvalue weighted by Crippen LogP contribution is -2.34. The zero-order valence-corrected chi connectivity index (χ0v) is 14.9. The first-order chi connectivity index (χ1) is 11.8. The van der Waals surface area contributed by atoms with E-state index in [-0.39, 0.29) is 16.0 Å². The molecule has 0 atom stereocenters. The Morgan fingerprint density at radius 2 is 1.96 bits per heavy atom. The third-order valence-electron chi connectivity index (χ3n) is 4.41. The van der Waals surface area contributed by atoms with E-state index < -0.39 is 17.7 Å². The number of methoxy groups -OCH3 is 1. The largest absolute Gasteiger partial charge is 0.465 e. The number of amides is 1. The summed E-state index contributed by atoms with van der Waals surface area (Å²) in [6.07, 6.45) is 0. The van der Waals surface area contributed by atoms with Gasteiger partial charge in [-0.25, -0.2) is 9.18 Å². The number of ether oxygens (including phenoxy) is 1. The van der Waals surface area contributed by atoms with Gasteiger partial charge in [-0.3, -0.25) is 4.79 Å². The van der Waals surface area contributed by atoms with Crippen LogP contribution in [0, 0.1) is 5.82 Å². The van der Waals surface area contributed by atoms with Gasteiger partial charge in [-0.05, 0) is 29.8 Å². The van der Waals surface area contributed by atoms with Gasteiger partial charge >= 0.3 is 5.97 Å². The lowest BCUT2D eigenvalue weighted by Gasteiger charge is -2.21. The maximum Gasteiger partial charge on any atom is 0.337 e. The number of carbonyl (C=O) groups is 2. The summed E-state index contributed by atoms with van der Waals surface area (Å²) >= 11 is 6.04. The number of rotatable bonds is 2. The van der Waals surface area contributed by atoms with Gasteiger partial charge in [-0.2, -0.15) is 0 Å². The van der Waals surface area contributed by atoms with Crippen LogP contribution in [0.2, 0.25) is 5.02 Å². The smallest absolute Gasteiger partial charge is 0.337 e. The molecule has 1 heterocycles. The predicted molar refractivity (Wildman–Crippen MR) is 93.9 cm³/mol. The fourth-order valence-corrected chi connectivity index (χ4v) is 3.40. The average Bonchev–Trinajstić information content (AvgIpc) is 2.84. The number of anilines is 1. The summed E-state index contributed by atoms with van der Waals surface area (Å²) in [5.41, 5.74) is 1.29. The Labute approximate surface area is 150 Å². The molecule has 1 aliphatic rings. The quantitative estimate of drug-likeness (QED) is 0.753. The van der Waals surface area contributed by atoms with Gasteiger partial charge < -0.3 is 9.64 Å². The average molecular weight is 362 g/mol. The molecule has 2 aromatic carbocycles. The first-order valence-electron chi connectivity index (χ1n) is 7.75. The highest BCUT2D eigenvalue weighted by atomic mass is 35.5. The molecule has 0 unspecified atom stereocenters. The van der Waals surface area contributed by atoms with Crippen molar-refractivity contribution in [3.05, 3.63) is 63.9 Å². The molecule has 0 aliphatic carbocycles. The third kappa shape index (κ3) is 2.89. The number of fused-ring (bicyclic) bond motifs is 1. The topological polar surface area (TPSA) is 46.6 Å². The SMILES string of the molecule is COC(=O)c1ccc2c(c1)N(C(=O)c1c(F)cccc1Cl)CC2(C)C. The number of nitrogens with zero attached hydrogens (tertiary/aromatic N) is 1. The van der Waals surface area contributed by atoms with Crippen LogP contribution in [-0.4, -0.2) is 25.5 Å². The molecule has 6 heteroatoms. The van der Waals surface area contributed by atoms with E-state index in [4.69, 9.17) is 16.3 Å². The molecule has 1 aliphatic heterocycles. The Morgan fingerprint density at radius 1 is 1.24 bits per heavy atom. The van der Waals surface area contributed by atoms with Crippen molar-refractivity contribution in [1.82, 2.24) is 0 Å². The van der Waals surface area contributed by atoms with Crippen LogP contribution >= 0.6 is 11.6 Å². The van der Waals surface area contributed by atoms with E-state index in [0.717, 1.165) is 5.56 Å². The fraction of sp³-hybridized carbons (Fsp3) is 0.263. The monoisotopic (exact) mass is 361 g/mol. The lowest BCUT2D eigenvalue weighted by molar-refractivity contribution is 0.0600. The predicted octanol–water partition coefficient (Wildman–Crippen LogP) is 4.20. The number of benzene rings is 2. The summed E-state index contributed by atoms with van der Waals surface area (Å²) in [6, 6.07) is 9.19. The zero-order chi connectivity index (χ0) is 18.4. The molecule has 0 saturated carbocycles. The first-order valence-corrected chi connectivity index (χ1v) is 8.13. The highest BCUT2D eigenvalue weighted by Gasteiger charge is 2.39. The number of carbonyl (C=O) groups excluding carboxylic acids is 2. The molecule has 3 rings (SSSR count). The van der Waals surface area contributed by atoms with Gasteiger partial charge in [0.1, 0.15) is 5.82 Å². The second-order valence-electron chi connectivity index (χ2n) is 6.60. The molecule has 25 heavy (non-hydrogen) atoms. The minimum atomic E-state index is -0.673. The van der Waals surface area contributed by atoms with Crippen molar-refractivity contribution in [1.29, 1.82) is 0 Å². The van der Waals surface area contributed by atoms with Crippen LogP contribution in [0.15, 0.2) is 36.4 Å². The maximum absolute atomic E-state index is 14.2. The van der Waals surface area contributed by atoms with Crippen molar-refractivity contribution in [3.63, 3.8) is 0 Å². The second kappa shape index (κ2) is 6.15. The first kappa shape index (κ1) is 17.4.